The number of alkyl halides is 1. The molecule has 6 heteroatoms. The Morgan fingerprint density at radius 1 is 1.47 bits per heavy atom. The lowest BCUT2D eigenvalue weighted by atomic mass is 9.98. The molecule has 106 valence electrons. The number of aromatic nitrogens is 1. The molecular weight excluding hydrogens is 284 g/mol. The van der Waals surface area contributed by atoms with Crippen molar-refractivity contribution >= 4 is 28.8 Å². The second kappa shape index (κ2) is 5.77. The van der Waals surface area contributed by atoms with Crippen LogP contribution in [0.3, 0.4) is 0 Å². The maximum Gasteiger partial charge on any atom is 0.246 e. The molecular formula is C13H19ClN2O2S. The monoisotopic (exact) mass is 302 g/mol. The molecule has 0 aromatic carbocycles. The summed E-state index contributed by atoms with van der Waals surface area (Å²) in [7, 11) is 0. The van der Waals surface area contributed by atoms with Crippen LogP contribution in [0.2, 0.25) is 0 Å². The highest BCUT2D eigenvalue weighted by Gasteiger charge is 2.28. The molecule has 0 saturated carbocycles. The summed E-state index contributed by atoms with van der Waals surface area (Å²) in [4.78, 5) is 18.5. The van der Waals surface area contributed by atoms with Gasteiger partial charge in [-0.05, 0) is 0 Å². The molecule has 1 unspecified atom stereocenters. The molecule has 4 nitrogen and oxygen atoms in total. The minimum atomic E-state index is -0.689. The second-order valence-electron chi connectivity index (χ2n) is 5.63. The quantitative estimate of drug-likeness (QED) is 0.789. The zero-order valence-electron chi connectivity index (χ0n) is 11.5. The van der Waals surface area contributed by atoms with Crippen LogP contribution in [-0.4, -0.2) is 42.1 Å². The zero-order valence-corrected chi connectivity index (χ0v) is 13.1. The standard InChI is InChI=1S/C13H19ClN2O2S/c1-13(2,3)12-15-9(8-19-12)10(14)11(17)16-4-6-18-7-5-16/h8,10H,4-7H2,1-3H3. The summed E-state index contributed by atoms with van der Waals surface area (Å²) in [6.45, 7) is 8.68. The van der Waals surface area contributed by atoms with Gasteiger partial charge in [0, 0.05) is 23.9 Å². The number of nitrogens with zero attached hydrogens (tertiary/aromatic N) is 2. The van der Waals surface area contributed by atoms with E-state index >= 15 is 0 Å². The molecule has 1 aliphatic rings. The third-order valence-electron chi connectivity index (χ3n) is 2.96. The van der Waals surface area contributed by atoms with E-state index in [9.17, 15) is 4.79 Å². The van der Waals surface area contributed by atoms with Crippen LogP contribution in [0.5, 0.6) is 0 Å². The molecule has 1 saturated heterocycles. The first kappa shape index (κ1) is 14.8. The average Bonchev–Trinajstić information content (AvgIpc) is 2.87. The summed E-state index contributed by atoms with van der Waals surface area (Å²) in [5, 5.41) is 2.20. The van der Waals surface area contributed by atoms with E-state index < -0.39 is 5.38 Å². The molecule has 0 aliphatic carbocycles. The molecule has 1 atom stereocenters. The summed E-state index contributed by atoms with van der Waals surface area (Å²) in [6.07, 6.45) is 0. The van der Waals surface area contributed by atoms with E-state index in [1.807, 2.05) is 5.38 Å². The summed E-state index contributed by atoms with van der Waals surface area (Å²) < 4.78 is 5.23. The van der Waals surface area contributed by atoms with Gasteiger partial charge in [-0.15, -0.1) is 22.9 Å². The Morgan fingerprint density at radius 2 is 2.11 bits per heavy atom. The van der Waals surface area contributed by atoms with Crippen molar-refractivity contribution in [2.75, 3.05) is 26.3 Å². The number of hydrogen-bond donors (Lipinski definition) is 0. The molecule has 0 radical (unpaired) electrons. The second-order valence-corrected chi connectivity index (χ2v) is 6.92. The number of rotatable bonds is 2. The molecule has 1 aliphatic heterocycles. The number of amides is 1. The average molecular weight is 303 g/mol. The molecule has 2 heterocycles. The lowest BCUT2D eigenvalue weighted by Crippen LogP contribution is -2.42. The van der Waals surface area contributed by atoms with Gasteiger partial charge in [0.25, 0.3) is 0 Å². The van der Waals surface area contributed by atoms with Gasteiger partial charge in [0.05, 0.1) is 23.9 Å². The summed E-state index contributed by atoms with van der Waals surface area (Å²) >= 11 is 7.82. The molecule has 1 amide bonds. The van der Waals surface area contributed by atoms with E-state index in [0.717, 1.165) is 5.01 Å². The van der Waals surface area contributed by atoms with Crippen LogP contribution in [0.1, 0.15) is 36.8 Å². The predicted octanol–water partition coefficient (Wildman–Crippen LogP) is 2.58. The number of halogens is 1. The highest BCUT2D eigenvalue weighted by molar-refractivity contribution is 7.09. The van der Waals surface area contributed by atoms with E-state index in [-0.39, 0.29) is 11.3 Å². The Kier molecular flexibility index (Phi) is 4.48. The Morgan fingerprint density at radius 3 is 2.63 bits per heavy atom. The van der Waals surface area contributed by atoms with E-state index in [0.29, 0.717) is 32.0 Å². The first-order valence-corrected chi connectivity index (χ1v) is 7.67. The van der Waals surface area contributed by atoms with Crippen LogP contribution in [-0.2, 0) is 14.9 Å². The van der Waals surface area contributed by atoms with Crippen LogP contribution >= 0.6 is 22.9 Å². The van der Waals surface area contributed by atoms with Gasteiger partial charge in [-0.1, -0.05) is 20.8 Å². The van der Waals surface area contributed by atoms with Crippen molar-refractivity contribution in [1.82, 2.24) is 9.88 Å². The van der Waals surface area contributed by atoms with E-state index in [2.05, 4.69) is 25.8 Å². The largest absolute Gasteiger partial charge is 0.378 e. The highest BCUT2D eigenvalue weighted by Crippen LogP contribution is 2.30. The molecule has 19 heavy (non-hydrogen) atoms. The van der Waals surface area contributed by atoms with Crippen molar-refractivity contribution in [3.63, 3.8) is 0 Å². The van der Waals surface area contributed by atoms with E-state index in [1.54, 1.807) is 16.2 Å². The third kappa shape index (κ3) is 3.46. The molecule has 1 aromatic heterocycles. The number of carbonyl (C=O) groups is 1. The topological polar surface area (TPSA) is 42.4 Å². The number of morpholine rings is 1. The number of carbonyl (C=O) groups excluding carboxylic acids is 1. The van der Waals surface area contributed by atoms with Gasteiger partial charge in [0.2, 0.25) is 5.91 Å². The van der Waals surface area contributed by atoms with Crippen molar-refractivity contribution in [2.45, 2.75) is 31.6 Å². The lowest BCUT2D eigenvalue weighted by molar-refractivity contribution is -0.135. The summed E-state index contributed by atoms with van der Waals surface area (Å²) in [6, 6.07) is 0. The van der Waals surface area contributed by atoms with E-state index in [4.69, 9.17) is 16.3 Å². The number of hydrogen-bond acceptors (Lipinski definition) is 4. The maximum absolute atomic E-state index is 12.3. The van der Waals surface area contributed by atoms with Crippen LogP contribution in [0.15, 0.2) is 5.38 Å². The van der Waals surface area contributed by atoms with Gasteiger partial charge >= 0.3 is 0 Å². The molecule has 0 spiro atoms. The molecule has 2 rings (SSSR count). The third-order valence-corrected chi connectivity index (χ3v) is 4.66. The van der Waals surface area contributed by atoms with Gasteiger partial charge < -0.3 is 9.64 Å². The Bertz CT molecular complexity index is 450. The smallest absolute Gasteiger partial charge is 0.246 e. The van der Waals surface area contributed by atoms with Crippen molar-refractivity contribution in [3.8, 4) is 0 Å². The highest BCUT2D eigenvalue weighted by atomic mass is 35.5. The number of ether oxygens (including phenoxy) is 1. The van der Waals surface area contributed by atoms with Gasteiger partial charge in [-0.2, -0.15) is 0 Å². The fourth-order valence-corrected chi connectivity index (χ4v) is 3.07. The fraction of sp³-hybridized carbons (Fsp3) is 0.692. The molecule has 0 N–H and O–H groups in total. The van der Waals surface area contributed by atoms with Crippen molar-refractivity contribution in [3.05, 3.63) is 16.1 Å². The number of thiazole rings is 1. The minimum absolute atomic E-state index is 0.0124. The first-order chi connectivity index (χ1) is 8.89. The van der Waals surface area contributed by atoms with E-state index in [1.165, 1.54) is 0 Å². The van der Waals surface area contributed by atoms with Gasteiger partial charge in [0.1, 0.15) is 0 Å². The molecule has 1 fully saturated rings. The first-order valence-electron chi connectivity index (χ1n) is 6.36. The van der Waals surface area contributed by atoms with Gasteiger partial charge in [0.15, 0.2) is 5.38 Å². The Hall–Kier alpha value is -0.650. The van der Waals surface area contributed by atoms with Crippen molar-refractivity contribution in [1.29, 1.82) is 0 Å². The zero-order chi connectivity index (χ0) is 14.0. The summed E-state index contributed by atoms with van der Waals surface area (Å²) in [5.41, 5.74) is 0.648. The molecule has 1 aromatic rings. The van der Waals surface area contributed by atoms with Crippen molar-refractivity contribution in [2.24, 2.45) is 0 Å². The molecule has 0 bridgehead atoms. The Balaban J connectivity index is 2.08. The minimum Gasteiger partial charge on any atom is -0.378 e. The fourth-order valence-electron chi connectivity index (χ4n) is 1.82. The lowest BCUT2D eigenvalue weighted by Gasteiger charge is -2.28. The van der Waals surface area contributed by atoms with Crippen molar-refractivity contribution < 1.29 is 9.53 Å². The summed E-state index contributed by atoms with van der Waals surface area (Å²) in [5.74, 6) is -0.0734. The normalized spacial score (nSPS) is 18.4. The predicted molar refractivity (Wildman–Crippen MR) is 76.8 cm³/mol. The van der Waals surface area contributed by atoms with Gasteiger partial charge in [-0.3, -0.25) is 4.79 Å². The SMILES string of the molecule is CC(C)(C)c1nc(C(Cl)C(=O)N2CCOCC2)cs1. The maximum atomic E-state index is 12.3. The Labute approximate surface area is 122 Å². The van der Waals surface area contributed by atoms with Gasteiger partial charge in [-0.25, -0.2) is 4.98 Å². The van der Waals surface area contributed by atoms with Crippen LogP contribution < -0.4 is 0 Å². The van der Waals surface area contributed by atoms with Crippen LogP contribution in [0.4, 0.5) is 0 Å². The van der Waals surface area contributed by atoms with Crippen LogP contribution in [0.25, 0.3) is 0 Å². The van der Waals surface area contributed by atoms with Crippen LogP contribution in [0, 0.1) is 0 Å².